The molecule has 2 heterocycles. The number of anilines is 1. The fourth-order valence-electron chi connectivity index (χ4n) is 4.97. The summed E-state index contributed by atoms with van der Waals surface area (Å²) in [6, 6.07) is 22.8. The molecular formula is C30H32FN3O2. The van der Waals surface area contributed by atoms with E-state index in [1.165, 1.54) is 11.6 Å². The van der Waals surface area contributed by atoms with Crippen LogP contribution in [0.2, 0.25) is 0 Å². The molecule has 0 radical (unpaired) electrons. The third-order valence-corrected chi connectivity index (χ3v) is 7.17. The Bertz CT molecular complexity index is 1350. The van der Waals surface area contributed by atoms with Crippen molar-refractivity contribution in [3.63, 3.8) is 0 Å². The van der Waals surface area contributed by atoms with E-state index >= 15 is 0 Å². The third-order valence-electron chi connectivity index (χ3n) is 7.17. The highest BCUT2D eigenvalue weighted by Crippen LogP contribution is 2.34. The SMILES string of the molecule is CCC(C)c1ccc(OCCCn2c(C3CC(=O)N(c4ccccc4F)C3)nc3ccccc32)cc1. The zero-order chi connectivity index (χ0) is 25.1. The van der Waals surface area contributed by atoms with E-state index in [1.54, 1.807) is 23.1 Å². The number of fused-ring (bicyclic) bond motifs is 1. The van der Waals surface area contributed by atoms with Gasteiger partial charge < -0.3 is 14.2 Å². The second kappa shape index (κ2) is 10.5. The number of carbonyl (C=O) groups is 1. The summed E-state index contributed by atoms with van der Waals surface area (Å²) in [6.45, 7) is 6.16. The monoisotopic (exact) mass is 485 g/mol. The van der Waals surface area contributed by atoms with Crippen molar-refractivity contribution >= 4 is 22.6 Å². The van der Waals surface area contributed by atoms with E-state index in [9.17, 15) is 9.18 Å². The van der Waals surface area contributed by atoms with Crippen LogP contribution in [0.5, 0.6) is 5.75 Å². The van der Waals surface area contributed by atoms with Gasteiger partial charge in [-0.05, 0) is 60.7 Å². The number of imidazole rings is 1. The third kappa shape index (κ3) is 4.85. The van der Waals surface area contributed by atoms with Crippen molar-refractivity contribution < 1.29 is 13.9 Å². The van der Waals surface area contributed by atoms with Gasteiger partial charge in [0.05, 0.1) is 23.3 Å². The first-order valence-electron chi connectivity index (χ1n) is 12.8. The molecule has 1 aromatic heterocycles. The van der Waals surface area contributed by atoms with E-state index in [0.29, 0.717) is 31.2 Å². The van der Waals surface area contributed by atoms with Gasteiger partial charge in [0, 0.05) is 25.4 Å². The Kier molecular flexibility index (Phi) is 7.03. The van der Waals surface area contributed by atoms with Gasteiger partial charge in [-0.1, -0.05) is 50.2 Å². The van der Waals surface area contributed by atoms with Crippen LogP contribution in [0.1, 0.15) is 56.3 Å². The molecule has 0 aliphatic carbocycles. The van der Waals surface area contributed by atoms with E-state index in [2.05, 4.69) is 36.6 Å². The van der Waals surface area contributed by atoms with Gasteiger partial charge in [0.2, 0.25) is 5.91 Å². The molecule has 1 saturated heterocycles. The van der Waals surface area contributed by atoms with Crippen LogP contribution in [0.3, 0.4) is 0 Å². The predicted octanol–water partition coefficient (Wildman–Crippen LogP) is 6.68. The van der Waals surface area contributed by atoms with Crippen molar-refractivity contribution in [3.05, 3.63) is 90.0 Å². The highest BCUT2D eigenvalue weighted by molar-refractivity contribution is 5.96. The Balaban J connectivity index is 1.30. The fourth-order valence-corrected chi connectivity index (χ4v) is 4.97. The van der Waals surface area contributed by atoms with Crippen LogP contribution in [0.15, 0.2) is 72.8 Å². The van der Waals surface area contributed by atoms with Crippen molar-refractivity contribution in [2.75, 3.05) is 18.1 Å². The van der Waals surface area contributed by atoms with Crippen LogP contribution >= 0.6 is 0 Å². The Morgan fingerprint density at radius 2 is 1.81 bits per heavy atom. The number of para-hydroxylation sites is 3. The minimum Gasteiger partial charge on any atom is -0.494 e. The van der Waals surface area contributed by atoms with Crippen LogP contribution < -0.4 is 9.64 Å². The van der Waals surface area contributed by atoms with Crippen LogP contribution in [-0.4, -0.2) is 28.6 Å². The molecule has 4 aromatic rings. The Labute approximate surface area is 211 Å². The molecule has 36 heavy (non-hydrogen) atoms. The van der Waals surface area contributed by atoms with Gasteiger partial charge in [0.15, 0.2) is 0 Å². The summed E-state index contributed by atoms with van der Waals surface area (Å²) < 4.78 is 22.6. The van der Waals surface area contributed by atoms with Gasteiger partial charge >= 0.3 is 0 Å². The van der Waals surface area contributed by atoms with Crippen LogP contribution in [0, 0.1) is 5.82 Å². The molecule has 0 N–H and O–H groups in total. The normalized spacial score (nSPS) is 16.6. The number of ether oxygens (including phenoxy) is 1. The van der Waals surface area contributed by atoms with E-state index in [0.717, 1.165) is 42.0 Å². The highest BCUT2D eigenvalue weighted by atomic mass is 19.1. The number of hydrogen-bond donors (Lipinski definition) is 0. The van der Waals surface area contributed by atoms with E-state index in [-0.39, 0.29) is 17.6 Å². The first kappa shape index (κ1) is 24.0. The van der Waals surface area contributed by atoms with Crippen LogP contribution in [0.25, 0.3) is 11.0 Å². The summed E-state index contributed by atoms with van der Waals surface area (Å²) in [4.78, 5) is 19.3. The van der Waals surface area contributed by atoms with E-state index < -0.39 is 0 Å². The molecule has 0 bridgehead atoms. The lowest BCUT2D eigenvalue weighted by Crippen LogP contribution is -2.25. The molecular weight excluding hydrogens is 453 g/mol. The Hall–Kier alpha value is -3.67. The number of amides is 1. The predicted molar refractivity (Wildman–Crippen MR) is 141 cm³/mol. The van der Waals surface area contributed by atoms with Gasteiger partial charge in [-0.15, -0.1) is 0 Å². The minimum absolute atomic E-state index is 0.0760. The first-order chi connectivity index (χ1) is 17.5. The van der Waals surface area contributed by atoms with Crippen LogP contribution in [0.4, 0.5) is 10.1 Å². The summed E-state index contributed by atoms with van der Waals surface area (Å²) >= 11 is 0. The van der Waals surface area contributed by atoms with Gasteiger partial charge in [0.25, 0.3) is 0 Å². The van der Waals surface area contributed by atoms with E-state index in [4.69, 9.17) is 9.72 Å². The quantitative estimate of drug-likeness (QED) is 0.249. The topological polar surface area (TPSA) is 47.4 Å². The first-order valence-corrected chi connectivity index (χ1v) is 12.8. The standard InChI is InChI=1S/C30H32FN3O2/c1-3-21(2)22-13-15-24(16-14-22)36-18-8-17-33-28-12-7-5-10-26(28)32-30(33)23-19-29(35)34(20-23)27-11-6-4-9-25(27)31/h4-7,9-16,21,23H,3,8,17-20H2,1-2H3. The number of benzene rings is 3. The summed E-state index contributed by atoms with van der Waals surface area (Å²) in [5, 5.41) is 0. The molecule has 0 saturated carbocycles. The number of carbonyl (C=O) groups excluding carboxylic acids is 1. The molecule has 2 unspecified atom stereocenters. The Morgan fingerprint density at radius 3 is 2.58 bits per heavy atom. The van der Waals surface area contributed by atoms with Gasteiger partial charge in [-0.25, -0.2) is 9.37 Å². The zero-order valence-corrected chi connectivity index (χ0v) is 20.9. The van der Waals surface area contributed by atoms with Crippen molar-refractivity contribution in [3.8, 4) is 5.75 Å². The molecule has 5 nitrogen and oxygen atoms in total. The molecule has 1 aliphatic rings. The van der Waals surface area contributed by atoms with Crippen molar-refractivity contribution in [2.45, 2.75) is 51.5 Å². The molecule has 3 aromatic carbocycles. The fraction of sp³-hybridized carbons (Fsp3) is 0.333. The van der Waals surface area contributed by atoms with Crippen LogP contribution in [-0.2, 0) is 11.3 Å². The largest absolute Gasteiger partial charge is 0.494 e. The molecule has 0 spiro atoms. The maximum Gasteiger partial charge on any atom is 0.227 e. The zero-order valence-electron chi connectivity index (χ0n) is 20.9. The smallest absolute Gasteiger partial charge is 0.227 e. The Morgan fingerprint density at radius 1 is 1.06 bits per heavy atom. The molecule has 2 atom stereocenters. The summed E-state index contributed by atoms with van der Waals surface area (Å²) in [6.07, 6.45) is 2.24. The number of halogens is 1. The number of nitrogens with zero attached hydrogens (tertiary/aromatic N) is 3. The average molecular weight is 486 g/mol. The lowest BCUT2D eigenvalue weighted by Gasteiger charge is -2.18. The van der Waals surface area contributed by atoms with E-state index in [1.807, 2.05) is 30.3 Å². The van der Waals surface area contributed by atoms with Gasteiger partial charge in [0.1, 0.15) is 17.4 Å². The molecule has 6 heteroatoms. The van der Waals surface area contributed by atoms with Gasteiger partial charge in [-0.2, -0.15) is 0 Å². The molecule has 1 amide bonds. The summed E-state index contributed by atoms with van der Waals surface area (Å²) in [5.74, 6) is 1.74. The second-order valence-electron chi connectivity index (χ2n) is 9.55. The lowest BCUT2D eigenvalue weighted by molar-refractivity contribution is -0.117. The average Bonchev–Trinajstić information content (AvgIpc) is 3.47. The number of aromatic nitrogens is 2. The van der Waals surface area contributed by atoms with Gasteiger partial charge in [-0.3, -0.25) is 4.79 Å². The van der Waals surface area contributed by atoms with Crippen molar-refractivity contribution in [2.24, 2.45) is 0 Å². The lowest BCUT2D eigenvalue weighted by atomic mass is 9.99. The van der Waals surface area contributed by atoms with Crippen molar-refractivity contribution in [1.29, 1.82) is 0 Å². The highest BCUT2D eigenvalue weighted by Gasteiger charge is 2.35. The van der Waals surface area contributed by atoms with Crippen molar-refractivity contribution in [1.82, 2.24) is 9.55 Å². The maximum absolute atomic E-state index is 14.4. The second-order valence-corrected chi connectivity index (χ2v) is 9.55. The number of aryl methyl sites for hydroxylation is 1. The summed E-state index contributed by atoms with van der Waals surface area (Å²) in [7, 11) is 0. The summed E-state index contributed by atoms with van der Waals surface area (Å²) in [5.41, 5.74) is 3.61. The molecule has 1 aliphatic heterocycles. The minimum atomic E-state index is -0.380. The molecule has 5 rings (SSSR count). The molecule has 1 fully saturated rings. The number of rotatable bonds is 9. The number of hydrogen-bond acceptors (Lipinski definition) is 3. The molecule has 186 valence electrons. The maximum atomic E-state index is 14.4.